The molecule has 1 atom stereocenters. The Morgan fingerprint density at radius 3 is 2.72 bits per heavy atom. The van der Waals surface area contributed by atoms with Crippen LogP contribution < -0.4 is 0 Å². The molecule has 0 amide bonds. The number of fused-ring (bicyclic) bond motifs is 3. The van der Waals surface area contributed by atoms with Crippen molar-refractivity contribution < 1.29 is 13.9 Å². The van der Waals surface area contributed by atoms with Crippen molar-refractivity contribution in [2.24, 2.45) is 4.99 Å². The zero-order chi connectivity index (χ0) is 20.5. The Morgan fingerprint density at radius 2 is 2.00 bits per heavy atom. The van der Waals surface area contributed by atoms with E-state index in [1.807, 2.05) is 29.7 Å². The minimum atomic E-state index is -0.373. The lowest BCUT2D eigenvalue weighted by Gasteiger charge is -2.15. The first-order valence-corrected chi connectivity index (χ1v) is 9.39. The van der Waals surface area contributed by atoms with Crippen LogP contribution in [0.3, 0.4) is 0 Å². The molecule has 1 aromatic carbocycles. The second-order valence-corrected chi connectivity index (χ2v) is 7.06. The first kappa shape index (κ1) is 19.0. The number of halogens is 1. The second-order valence-electron chi connectivity index (χ2n) is 7.06. The van der Waals surface area contributed by atoms with Gasteiger partial charge in [0.1, 0.15) is 17.7 Å². The minimum Gasteiger partial charge on any atom is -0.469 e. The fourth-order valence-corrected chi connectivity index (χ4v) is 3.62. The standard InChI is InChI=1S/C22H21FN4O2/c1-13-10-19-16(11-17(13)23)21(15-6-8-24-9-7-15)26-18(4-5-20(28)29-3)22-25-12-14(2)27(19)22/h6-12,18H,4-5H2,1-3H3/t18-/m0/s1. The van der Waals surface area contributed by atoms with E-state index in [0.717, 1.165) is 22.8 Å². The number of benzene rings is 1. The predicted octanol–water partition coefficient (Wildman–Crippen LogP) is 3.87. The number of imidazole rings is 1. The fourth-order valence-electron chi connectivity index (χ4n) is 3.62. The van der Waals surface area contributed by atoms with Crippen LogP contribution >= 0.6 is 0 Å². The summed E-state index contributed by atoms with van der Waals surface area (Å²) in [6.45, 7) is 3.69. The van der Waals surface area contributed by atoms with Gasteiger partial charge in [-0.25, -0.2) is 9.37 Å². The van der Waals surface area contributed by atoms with Gasteiger partial charge in [0, 0.05) is 41.8 Å². The Balaban J connectivity index is 1.96. The zero-order valence-corrected chi connectivity index (χ0v) is 16.5. The second kappa shape index (κ2) is 7.58. The van der Waals surface area contributed by atoms with Crippen molar-refractivity contribution in [1.82, 2.24) is 14.5 Å². The van der Waals surface area contributed by atoms with Crippen LogP contribution in [0.4, 0.5) is 4.39 Å². The van der Waals surface area contributed by atoms with Crippen molar-refractivity contribution in [1.29, 1.82) is 0 Å². The molecule has 0 unspecified atom stereocenters. The molecule has 0 saturated heterocycles. The molecule has 2 aromatic heterocycles. The van der Waals surface area contributed by atoms with Gasteiger partial charge in [-0.05, 0) is 50.1 Å². The maximum absolute atomic E-state index is 14.6. The number of hydrogen-bond donors (Lipinski definition) is 0. The lowest BCUT2D eigenvalue weighted by atomic mass is 9.99. The van der Waals surface area contributed by atoms with E-state index in [1.54, 1.807) is 25.5 Å². The summed E-state index contributed by atoms with van der Waals surface area (Å²) in [4.78, 5) is 25.4. The van der Waals surface area contributed by atoms with E-state index in [-0.39, 0.29) is 24.2 Å². The Kier molecular flexibility index (Phi) is 4.96. The molecule has 1 aliphatic rings. The maximum atomic E-state index is 14.6. The largest absolute Gasteiger partial charge is 0.469 e. The van der Waals surface area contributed by atoms with Gasteiger partial charge in [0.2, 0.25) is 0 Å². The number of nitrogens with zero attached hydrogens (tertiary/aromatic N) is 4. The molecule has 6 nitrogen and oxygen atoms in total. The van der Waals surface area contributed by atoms with E-state index in [1.165, 1.54) is 13.2 Å². The van der Waals surface area contributed by atoms with Crippen molar-refractivity contribution in [2.75, 3.05) is 7.11 Å². The summed E-state index contributed by atoms with van der Waals surface area (Å²) in [6.07, 6.45) is 5.79. The monoisotopic (exact) mass is 392 g/mol. The number of pyridine rings is 1. The number of carbonyl (C=O) groups excluding carboxylic acids is 1. The highest BCUT2D eigenvalue weighted by Gasteiger charge is 2.28. The first-order chi connectivity index (χ1) is 14.0. The van der Waals surface area contributed by atoms with Gasteiger partial charge >= 0.3 is 5.97 Å². The normalized spacial score (nSPS) is 15.2. The molecule has 0 bridgehead atoms. The summed E-state index contributed by atoms with van der Waals surface area (Å²) in [6, 6.07) is 6.66. The highest BCUT2D eigenvalue weighted by molar-refractivity contribution is 6.15. The average molecular weight is 392 g/mol. The summed E-state index contributed by atoms with van der Waals surface area (Å²) in [5.41, 5.74) is 4.45. The minimum absolute atomic E-state index is 0.212. The average Bonchev–Trinajstić information content (AvgIpc) is 3.05. The van der Waals surface area contributed by atoms with Crippen molar-refractivity contribution in [3.8, 4) is 5.69 Å². The molecule has 0 fully saturated rings. The Bertz CT molecular complexity index is 1110. The number of rotatable bonds is 4. The third kappa shape index (κ3) is 3.44. The SMILES string of the molecule is COC(=O)CC[C@@H]1N=C(c2ccncc2)c2cc(F)c(C)cc2-n2c(C)cnc21. The third-order valence-electron chi connectivity index (χ3n) is 5.12. The molecule has 4 rings (SSSR count). The summed E-state index contributed by atoms with van der Waals surface area (Å²) >= 11 is 0. The highest BCUT2D eigenvalue weighted by Crippen LogP contribution is 2.34. The molecule has 29 heavy (non-hydrogen) atoms. The van der Waals surface area contributed by atoms with Crippen LogP contribution in [0, 0.1) is 19.7 Å². The highest BCUT2D eigenvalue weighted by atomic mass is 19.1. The van der Waals surface area contributed by atoms with Gasteiger partial charge in [0.15, 0.2) is 0 Å². The lowest BCUT2D eigenvalue weighted by Crippen LogP contribution is -2.10. The molecule has 0 aliphatic carbocycles. The molecular formula is C22H21FN4O2. The van der Waals surface area contributed by atoms with Crippen LogP contribution in [0.25, 0.3) is 5.69 Å². The van der Waals surface area contributed by atoms with Gasteiger partial charge < -0.3 is 4.74 Å². The van der Waals surface area contributed by atoms with Crippen molar-refractivity contribution in [3.63, 3.8) is 0 Å². The third-order valence-corrected chi connectivity index (χ3v) is 5.12. The summed E-state index contributed by atoms with van der Waals surface area (Å²) in [5, 5.41) is 0. The van der Waals surface area contributed by atoms with Crippen LogP contribution in [0.5, 0.6) is 0 Å². The van der Waals surface area contributed by atoms with Gasteiger partial charge in [-0.15, -0.1) is 0 Å². The molecule has 7 heteroatoms. The number of aliphatic imine (C=N–C) groups is 1. The van der Waals surface area contributed by atoms with Crippen LogP contribution in [-0.2, 0) is 9.53 Å². The number of ether oxygens (including phenoxy) is 1. The molecule has 0 N–H and O–H groups in total. The topological polar surface area (TPSA) is 69.4 Å². The Labute approximate surface area is 168 Å². The quantitative estimate of drug-likeness (QED) is 0.632. The number of esters is 1. The Morgan fingerprint density at radius 1 is 1.24 bits per heavy atom. The number of hydrogen-bond acceptors (Lipinski definition) is 5. The van der Waals surface area contributed by atoms with E-state index < -0.39 is 0 Å². The fraction of sp³-hybridized carbons (Fsp3) is 0.273. The molecule has 0 saturated carbocycles. The van der Waals surface area contributed by atoms with Gasteiger partial charge in [-0.1, -0.05) is 0 Å². The van der Waals surface area contributed by atoms with Crippen LogP contribution in [-0.4, -0.2) is 33.3 Å². The van der Waals surface area contributed by atoms with E-state index in [9.17, 15) is 9.18 Å². The first-order valence-electron chi connectivity index (χ1n) is 9.39. The van der Waals surface area contributed by atoms with Gasteiger partial charge in [-0.3, -0.25) is 19.3 Å². The molecule has 148 valence electrons. The van der Waals surface area contributed by atoms with Gasteiger partial charge in [0.25, 0.3) is 0 Å². The zero-order valence-electron chi connectivity index (χ0n) is 16.5. The molecule has 1 aliphatic heterocycles. The number of carbonyl (C=O) groups is 1. The number of methoxy groups -OCH3 is 1. The smallest absolute Gasteiger partial charge is 0.305 e. The molecule has 3 aromatic rings. The summed E-state index contributed by atoms with van der Waals surface area (Å²) in [7, 11) is 1.37. The van der Waals surface area contributed by atoms with Crippen LogP contribution in [0.2, 0.25) is 0 Å². The van der Waals surface area contributed by atoms with E-state index in [2.05, 4.69) is 9.97 Å². The predicted molar refractivity (Wildman–Crippen MR) is 107 cm³/mol. The molecule has 3 heterocycles. The van der Waals surface area contributed by atoms with Crippen molar-refractivity contribution in [2.45, 2.75) is 32.7 Å². The number of aromatic nitrogens is 3. The van der Waals surface area contributed by atoms with Gasteiger partial charge in [0.05, 0.1) is 18.5 Å². The summed E-state index contributed by atoms with van der Waals surface area (Å²) in [5.74, 6) is 0.129. The molecular weight excluding hydrogens is 371 g/mol. The van der Waals surface area contributed by atoms with Crippen molar-refractivity contribution in [3.05, 3.63) is 76.9 Å². The Hall–Kier alpha value is -3.35. The van der Waals surface area contributed by atoms with E-state index in [0.29, 0.717) is 23.3 Å². The van der Waals surface area contributed by atoms with Crippen LogP contribution in [0.15, 0.2) is 47.8 Å². The van der Waals surface area contributed by atoms with Crippen LogP contribution in [0.1, 0.15) is 47.1 Å². The maximum Gasteiger partial charge on any atom is 0.305 e. The van der Waals surface area contributed by atoms with Crippen molar-refractivity contribution >= 4 is 11.7 Å². The summed E-state index contributed by atoms with van der Waals surface area (Å²) < 4.78 is 21.4. The molecule has 0 radical (unpaired) electrons. The number of aryl methyl sites for hydroxylation is 2. The lowest BCUT2D eigenvalue weighted by molar-refractivity contribution is -0.140. The van der Waals surface area contributed by atoms with Gasteiger partial charge in [-0.2, -0.15) is 0 Å². The van der Waals surface area contributed by atoms with E-state index >= 15 is 0 Å². The van der Waals surface area contributed by atoms with E-state index in [4.69, 9.17) is 9.73 Å². The molecule has 0 spiro atoms.